The van der Waals surface area contributed by atoms with Gasteiger partial charge in [0.05, 0.1) is 22.9 Å². The summed E-state index contributed by atoms with van der Waals surface area (Å²) < 4.78 is 24.1. The zero-order valence-electron chi connectivity index (χ0n) is 11.9. The summed E-state index contributed by atoms with van der Waals surface area (Å²) in [6.07, 6.45) is 0.708. The summed E-state index contributed by atoms with van der Waals surface area (Å²) in [6, 6.07) is 6.06. The molecule has 1 heterocycles. The fourth-order valence-corrected chi connectivity index (χ4v) is 2.55. The molecular weight excluding hydrogens is 292 g/mol. The van der Waals surface area contributed by atoms with Crippen molar-refractivity contribution < 1.29 is 13.5 Å². The van der Waals surface area contributed by atoms with Crippen LogP contribution in [0.25, 0.3) is 5.69 Å². The van der Waals surface area contributed by atoms with Crippen molar-refractivity contribution in [2.24, 2.45) is 11.1 Å². The predicted molar refractivity (Wildman–Crippen MR) is 77.2 cm³/mol. The smallest absolute Gasteiger partial charge is 0.238 e. The van der Waals surface area contributed by atoms with E-state index in [1.165, 1.54) is 12.1 Å². The third-order valence-electron chi connectivity index (χ3n) is 3.00. The first kappa shape index (κ1) is 15.6. The average Bonchev–Trinajstić information content (AvgIpc) is 2.80. The first-order valence-corrected chi connectivity index (χ1v) is 8.05. The zero-order chi connectivity index (χ0) is 15.6. The molecule has 0 aliphatic carbocycles. The van der Waals surface area contributed by atoms with Gasteiger partial charge in [0.25, 0.3) is 0 Å². The molecule has 3 N–H and O–H groups in total. The van der Waals surface area contributed by atoms with E-state index >= 15 is 0 Å². The largest absolute Gasteiger partial charge is 0.390 e. The number of nitrogens with zero attached hydrogens (tertiary/aromatic N) is 3. The molecule has 0 aliphatic heterocycles. The second kappa shape index (κ2) is 5.92. The lowest BCUT2D eigenvalue weighted by atomic mass is 10.1. The van der Waals surface area contributed by atoms with Crippen LogP contribution in [0.15, 0.2) is 29.2 Å². The molecule has 2 aromatic rings. The van der Waals surface area contributed by atoms with E-state index < -0.39 is 10.0 Å². The Morgan fingerprint density at radius 1 is 1.29 bits per heavy atom. The highest BCUT2D eigenvalue weighted by molar-refractivity contribution is 7.89. The van der Waals surface area contributed by atoms with Gasteiger partial charge in [0.15, 0.2) is 0 Å². The maximum absolute atomic E-state index is 11.3. The Morgan fingerprint density at radius 2 is 1.90 bits per heavy atom. The van der Waals surface area contributed by atoms with Gasteiger partial charge >= 0.3 is 0 Å². The van der Waals surface area contributed by atoms with Crippen LogP contribution in [0.2, 0.25) is 0 Å². The Kier molecular flexibility index (Phi) is 4.40. The standard InChI is InChI=1S/C13H18N4O3S/c1-9(2)7-13-12(8-18)15-16-17(13)10-3-5-11(6-4-10)21(14,19)20/h3-6,9,18H,7-8H2,1-2H3,(H2,14,19,20). The molecule has 114 valence electrons. The highest BCUT2D eigenvalue weighted by atomic mass is 32.2. The van der Waals surface area contributed by atoms with Gasteiger partial charge in [-0.2, -0.15) is 0 Å². The van der Waals surface area contributed by atoms with Crippen LogP contribution >= 0.6 is 0 Å². The van der Waals surface area contributed by atoms with Gasteiger partial charge < -0.3 is 5.11 Å². The molecule has 1 aromatic carbocycles. The number of sulfonamides is 1. The minimum absolute atomic E-state index is 0.0409. The molecule has 7 nitrogen and oxygen atoms in total. The second-order valence-electron chi connectivity index (χ2n) is 5.19. The van der Waals surface area contributed by atoms with Crippen molar-refractivity contribution in [1.29, 1.82) is 0 Å². The summed E-state index contributed by atoms with van der Waals surface area (Å²) in [7, 11) is -3.72. The molecule has 0 amide bonds. The number of aliphatic hydroxyl groups is 1. The Morgan fingerprint density at radius 3 is 2.38 bits per heavy atom. The monoisotopic (exact) mass is 310 g/mol. The van der Waals surface area contributed by atoms with Crippen LogP contribution in [0.5, 0.6) is 0 Å². The van der Waals surface area contributed by atoms with E-state index in [4.69, 9.17) is 5.14 Å². The molecule has 0 aliphatic rings. The van der Waals surface area contributed by atoms with E-state index in [9.17, 15) is 13.5 Å². The van der Waals surface area contributed by atoms with E-state index in [-0.39, 0.29) is 11.5 Å². The highest BCUT2D eigenvalue weighted by Crippen LogP contribution is 2.18. The Bertz CT molecular complexity index is 720. The fourth-order valence-electron chi connectivity index (χ4n) is 2.03. The molecule has 0 bridgehead atoms. The average molecular weight is 310 g/mol. The summed E-state index contributed by atoms with van der Waals surface area (Å²) in [6.45, 7) is 3.93. The van der Waals surface area contributed by atoms with Gasteiger partial charge in [-0.05, 0) is 36.6 Å². The lowest BCUT2D eigenvalue weighted by molar-refractivity contribution is 0.275. The first-order chi connectivity index (χ1) is 9.82. The molecule has 0 atom stereocenters. The quantitative estimate of drug-likeness (QED) is 0.840. The maximum Gasteiger partial charge on any atom is 0.238 e. The number of aliphatic hydroxyl groups excluding tert-OH is 1. The minimum Gasteiger partial charge on any atom is -0.390 e. The van der Waals surface area contributed by atoms with Crippen LogP contribution < -0.4 is 5.14 Å². The molecule has 21 heavy (non-hydrogen) atoms. The van der Waals surface area contributed by atoms with Crippen molar-refractivity contribution in [3.8, 4) is 5.69 Å². The van der Waals surface area contributed by atoms with Crippen molar-refractivity contribution in [2.75, 3.05) is 0 Å². The maximum atomic E-state index is 11.3. The molecule has 2 rings (SSSR count). The van der Waals surface area contributed by atoms with E-state index in [1.54, 1.807) is 16.8 Å². The molecule has 0 spiro atoms. The Balaban J connectivity index is 2.44. The lowest BCUT2D eigenvalue weighted by Gasteiger charge is -2.10. The minimum atomic E-state index is -3.72. The number of nitrogens with two attached hydrogens (primary N) is 1. The zero-order valence-corrected chi connectivity index (χ0v) is 12.7. The van der Waals surface area contributed by atoms with Crippen molar-refractivity contribution in [3.63, 3.8) is 0 Å². The van der Waals surface area contributed by atoms with Gasteiger partial charge in [-0.15, -0.1) is 5.10 Å². The van der Waals surface area contributed by atoms with Crippen LogP contribution in [0.3, 0.4) is 0 Å². The van der Waals surface area contributed by atoms with Crippen molar-refractivity contribution in [2.45, 2.75) is 31.8 Å². The summed E-state index contributed by atoms with van der Waals surface area (Å²) >= 11 is 0. The van der Waals surface area contributed by atoms with Crippen LogP contribution in [0.4, 0.5) is 0 Å². The first-order valence-electron chi connectivity index (χ1n) is 6.50. The van der Waals surface area contributed by atoms with Gasteiger partial charge in [0, 0.05) is 0 Å². The van der Waals surface area contributed by atoms with Crippen LogP contribution in [0.1, 0.15) is 25.2 Å². The van der Waals surface area contributed by atoms with Crippen molar-refractivity contribution in [1.82, 2.24) is 15.0 Å². The highest BCUT2D eigenvalue weighted by Gasteiger charge is 2.15. The van der Waals surface area contributed by atoms with Gasteiger partial charge in [-0.25, -0.2) is 18.2 Å². The number of aromatic nitrogens is 3. The predicted octanol–water partition coefficient (Wildman–Crippen LogP) is 0.606. The van der Waals surface area contributed by atoms with Crippen LogP contribution in [-0.4, -0.2) is 28.5 Å². The lowest BCUT2D eigenvalue weighted by Crippen LogP contribution is -2.12. The summed E-state index contributed by atoms with van der Waals surface area (Å²) in [5, 5.41) is 22.4. The molecule has 0 saturated heterocycles. The normalized spacial score (nSPS) is 12.0. The van der Waals surface area contributed by atoms with Crippen molar-refractivity contribution >= 4 is 10.0 Å². The van der Waals surface area contributed by atoms with Crippen molar-refractivity contribution in [3.05, 3.63) is 35.7 Å². The summed E-state index contributed by atoms with van der Waals surface area (Å²) in [5.74, 6) is 0.372. The molecule has 0 radical (unpaired) electrons. The van der Waals surface area contributed by atoms with Gasteiger partial charge in [-0.3, -0.25) is 0 Å². The van der Waals surface area contributed by atoms with Gasteiger partial charge in [-0.1, -0.05) is 19.1 Å². The number of primary sulfonamides is 1. The number of hydrogen-bond donors (Lipinski definition) is 2. The third kappa shape index (κ3) is 3.46. The Labute approximate surface area is 123 Å². The van der Waals surface area contributed by atoms with Crippen LogP contribution in [0, 0.1) is 5.92 Å². The van der Waals surface area contributed by atoms with E-state index in [0.29, 0.717) is 23.7 Å². The fraction of sp³-hybridized carbons (Fsp3) is 0.385. The summed E-state index contributed by atoms with van der Waals surface area (Å²) in [4.78, 5) is 0.0409. The third-order valence-corrected chi connectivity index (χ3v) is 3.93. The number of hydrogen-bond acceptors (Lipinski definition) is 5. The molecule has 0 fully saturated rings. The van der Waals surface area contributed by atoms with E-state index in [0.717, 1.165) is 5.69 Å². The summed E-state index contributed by atoms with van der Waals surface area (Å²) in [5.41, 5.74) is 2.01. The molecule has 8 heteroatoms. The Hall–Kier alpha value is -1.77. The second-order valence-corrected chi connectivity index (χ2v) is 6.75. The van der Waals surface area contributed by atoms with Crippen LogP contribution in [-0.2, 0) is 23.1 Å². The molecular formula is C13H18N4O3S. The SMILES string of the molecule is CC(C)Cc1c(CO)nnn1-c1ccc(S(N)(=O)=O)cc1. The number of benzene rings is 1. The molecule has 1 aromatic heterocycles. The topological polar surface area (TPSA) is 111 Å². The van der Waals surface area contributed by atoms with Gasteiger partial charge in [0.2, 0.25) is 10.0 Å². The van der Waals surface area contributed by atoms with E-state index in [1.807, 2.05) is 0 Å². The molecule has 0 saturated carbocycles. The van der Waals surface area contributed by atoms with E-state index in [2.05, 4.69) is 24.2 Å². The molecule has 0 unspecified atom stereocenters. The van der Waals surface area contributed by atoms with Gasteiger partial charge in [0.1, 0.15) is 5.69 Å². The number of rotatable bonds is 5.